The Morgan fingerprint density at radius 1 is 1.08 bits per heavy atom. The van der Waals surface area contributed by atoms with Crippen molar-refractivity contribution < 1.29 is 4.79 Å². The lowest BCUT2D eigenvalue weighted by Crippen LogP contribution is -2.51. The predicted octanol–water partition coefficient (Wildman–Crippen LogP) is 3.99. The van der Waals surface area contributed by atoms with Crippen LogP contribution in [-0.2, 0) is 4.79 Å². The van der Waals surface area contributed by atoms with Crippen molar-refractivity contribution >= 4 is 34.8 Å². The van der Waals surface area contributed by atoms with Crippen LogP contribution in [0.2, 0.25) is 10.0 Å². The van der Waals surface area contributed by atoms with E-state index in [1.54, 1.807) is 0 Å². The van der Waals surface area contributed by atoms with E-state index < -0.39 is 0 Å². The Bertz CT molecular complexity index is 760. The first kappa shape index (κ1) is 19.0. The molecular weight excluding hydrogens is 369 g/mol. The molecule has 1 N–H and O–H groups in total. The van der Waals surface area contributed by atoms with Crippen molar-refractivity contribution in [1.82, 2.24) is 10.2 Å². The van der Waals surface area contributed by atoms with Gasteiger partial charge >= 0.3 is 0 Å². The second kappa shape index (κ2) is 8.76. The van der Waals surface area contributed by atoms with Gasteiger partial charge in [-0.2, -0.15) is 0 Å². The molecule has 1 heterocycles. The molecule has 0 aromatic heterocycles. The number of rotatable bonds is 5. The summed E-state index contributed by atoms with van der Waals surface area (Å²) in [4.78, 5) is 16.6. The first-order valence-electron chi connectivity index (χ1n) is 8.80. The zero-order chi connectivity index (χ0) is 18.5. The average Bonchev–Trinajstić information content (AvgIpc) is 2.66. The van der Waals surface area contributed by atoms with E-state index in [2.05, 4.69) is 10.2 Å². The van der Waals surface area contributed by atoms with E-state index >= 15 is 0 Å². The third kappa shape index (κ3) is 4.70. The number of piperazine rings is 1. The van der Waals surface area contributed by atoms with Gasteiger partial charge in [0.1, 0.15) is 0 Å². The van der Waals surface area contributed by atoms with Gasteiger partial charge in [0.05, 0.1) is 17.3 Å². The Morgan fingerprint density at radius 3 is 2.50 bits per heavy atom. The Morgan fingerprint density at radius 2 is 1.81 bits per heavy atom. The van der Waals surface area contributed by atoms with Gasteiger partial charge in [0.25, 0.3) is 0 Å². The third-order valence-electron chi connectivity index (χ3n) is 4.73. The minimum atomic E-state index is 0.0714. The summed E-state index contributed by atoms with van der Waals surface area (Å²) in [6.07, 6.45) is 0. The Labute approximate surface area is 164 Å². The normalized spacial score (nSPS) is 15.8. The van der Waals surface area contributed by atoms with Crippen LogP contribution in [0.4, 0.5) is 5.69 Å². The molecule has 3 rings (SSSR count). The fourth-order valence-corrected chi connectivity index (χ4v) is 3.60. The molecule has 0 aliphatic carbocycles. The fraction of sp³-hybridized carbons (Fsp3) is 0.350. The molecular formula is C20H23Cl2N3O. The minimum absolute atomic E-state index is 0.0714. The van der Waals surface area contributed by atoms with Gasteiger partial charge in [-0.15, -0.1) is 0 Å². The van der Waals surface area contributed by atoms with Crippen LogP contribution in [0.5, 0.6) is 0 Å². The number of hydrogen-bond donors (Lipinski definition) is 1. The van der Waals surface area contributed by atoms with Gasteiger partial charge in [-0.25, -0.2) is 0 Å². The molecule has 0 saturated carbocycles. The van der Waals surface area contributed by atoms with E-state index in [4.69, 9.17) is 23.2 Å². The van der Waals surface area contributed by atoms with Crippen LogP contribution in [0.25, 0.3) is 0 Å². The zero-order valence-corrected chi connectivity index (χ0v) is 16.3. The summed E-state index contributed by atoms with van der Waals surface area (Å²) in [6, 6.07) is 15.6. The Balaban J connectivity index is 1.49. The number of amides is 1. The second-order valence-corrected chi connectivity index (χ2v) is 7.32. The molecule has 2 aromatic carbocycles. The number of nitrogens with one attached hydrogen (secondary N) is 1. The maximum atomic E-state index is 12.5. The van der Waals surface area contributed by atoms with E-state index in [0.717, 1.165) is 29.4 Å². The number of hydrogen-bond acceptors (Lipinski definition) is 3. The van der Waals surface area contributed by atoms with Crippen LogP contribution < -0.4 is 10.2 Å². The van der Waals surface area contributed by atoms with Gasteiger partial charge in [-0.05, 0) is 36.8 Å². The van der Waals surface area contributed by atoms with Gasteiger partial charge in [0, 0.05) is 37.2 Å². The molecule has 0 unspecified atom stereocenters. The molecule has 1 fully saturated rings. The number of carbonyl (C=O) groups is 1. The molecule has 138 valence electrons. The highest BCUT2D eigenvalue weighted by molar-refractivity contribution is 6.33. The molecule has 26 heavy (non-hydrogen) atoms. The molecule has 0 bridgehead atoms. The lowest BCUT2D eigenvalue weighted by Gasteiger charge is -2.36. The number of para-hydroxylation sites is 1. The summed E-state index contributed by atoms with van der Waals surface area (Å²) in [5, 5.41) is 4.75. The number of halogens is 2. The van der Waals surface area contributed by atoms with Crippen molar-refractivity contribution in [3.8, 4) is 0 Å². The van der Waals surface area contributed by atoms with Gasteiger partial charge in [-0.1, -0.05) is 47.5 Å². The quantitative estimate of drug-likeness (QED) is 0.836. The first-order chi connectivity index (χ1) is 12.5. The largest absolute Gasteiger partial charge is 0.367 e. The highest BCUT2D eigenvalue weighted by Crippen LogP contribution is 2.26. The zero-order valence-electron chi connectivity index (χ0n) is 14.8. The van der Waals surface area contributed by atoms with Crippen molar-refractivity contribution in [2.45, 2.75) is 13.0 Å². The van der Waals surface area contributed by atoms with Crippen LogP contribution in [0.1, 0.15) is 18.5 Å². The van der Waals surface area contributed by atoms with Crippen molar-refractivity contribution in [3.63, 3.8) is 0 Å². The summed E-state index contributed by atoms with van der Waals surface area (Å²) in [6.45, 7) is 5.35. The monoisotopic (exact) mass is 391 g/mol. The summed E-state index contributed by atoms with van der Waals surface area (Å²) in [7, 11) is 0. The fourth-order valence-electron chi connectivity index (χ4n) is 3.15. The summed E-state index contributed by atoms with van der Waals surface area (Å²) >= 11 is 12.3. The van der Waals surface area contributed by atoms with Crippen molar-refractivity contribution in [2.24, 2.45) is 0 Å². The van der Waals surface area contributed by atoms with E-state index in [-0.39, 0.29) is 11.9 Å². The second-order valence-electron chi connectivity index (χ2n) is 6.48. The number of nitrogens with zero attached hydrogens (tertiary/aromatic N) is 2. The molecule has 1 atom stereocenters. The maximum Gasteiger partial charge on any atom is 0.236 e. The van der Waals surface area contributed by atoms with Crippen LogP contribution in [-0.4, -0.2) is 43.5 Å². The van der Waals surface area contributed by atoms with Crippen molar-refractivity contribution in [2.75, 3.05) is 37.6 Å². The highest BCUT2D eigenvalue weighted by Gasteiger charge is 2.22. The maximum absolute atomic E-state index is 12.5. The predicted molar refractivity (Wildman–Crippen MR) is 108 cm³/mol. The molecule has 4 nitrogen and oxygen atoms in total. The van der Waals surface area contributed by atoms with E-state index in [1.807, 2.05) is 60.4 Å². The molecule has 0 radical (unpaired) electrons. The lowest BCUT2D eigenvalue weighted by molar-refractivity contribution is -0.130. The van der Waals surface area contributed by atoms with Crippen LogP contribution in [0.15, 0.2) is 48.5 Å². The third-order valence-corrected chi connectivity index (χ3v) is 5.29. The van der Waals surface area contributed by atoms with Gasteiger partial charge in [0.2, 0.25) is 5.91 Å². The number of anilines is 1. The molecule has 1 aliphatic rings. The Kier molecular flexibility index (Phi) is 6.41. The molecule has 6 heteroatoms. The molecule has 2 aromatic rings. The first-order valence-corrected chi connectivity index (χ1v) is 9.56. The van der Waals surface area contributed by atoms with Gasteiger partial charge in [0.15, 0.2) is 0 Å². The summed E-state index contributed by atoms with van der Waals surface area (Å²) in [5.41, 5.74) is 2.11. The minimum Gasteiger partial charge on any atom is -0.367 e. The van der Waals surface area contributed by atoms with Gasteiger partial charge in [-0.3, -0.25) is 4.79 Å². The summed E-state index contributed by atoms with van der Waals surface area (Å²) in [5.74, 6) is 0.123. The van der Waals surface area contributed by atoms with Crippen LogP contribution in [0.3, 0.4) is 0 Å². The van der Waals surface area contributed by atoms with E-state index in [9.17, 15) is 4.79 Å². The van der Waals surface area contributed by atoms with E-state index in [0.29, 0.717) is 24.7 Å². The smallest absolute Gasteiger partial charge is 0.236 e. The summed E-state index contributed by atoms with van der Waals surface area (Å²) < 4.78 is 0. The lowest BCUT2D eigenvalue weighted by atomic mass is 10.1. The van der Waals surface area contributed by atoms with Gasteiger partial charge < -0.3 is 15.1 Å². The van der Waals surface area contributed by atoms with Crippen LogP contribution >= 0.6 is 23.2 Å². The van der Waals surface area contributed by atoms with Crippen LogP contribution in [0, 0.1) is 0 Å². The van der Waals surface area contributed by atoms with Crippen molar-refractivity contribution in [1.29, 1.82) is 0 Å². The number of benzene rings is 2. The number of carbonyl (C=O) groups excluding carboxylic acids is 1. The van der Waals surface area contributed by atoms with Crippen molar-refractivity contribution in [3.05, 3.63) is 64.1 Å². The standard InChI is InChI=1S/C20H23Cl2N3O/c1-15(16-5-4-6-17(21)13-16)23-14-20(26)25-11-9-24(10-12-25)19-8-3-2-7-18(19)22/h2-8,13,15,23H,9-12,14H2,1H3/t15-/m1/s1. The van der Waals surface area contributed by atoms with E-state index in [1.165, 1.54) is 0 Å². The molecule has 0 spiro atoms. The Hall–Kier alpha value is -1.75. The topological polar surface area (TPSA) is 35.6 Å². The molecule has 1 saturated heterocycles. The molecule has 1 amide bonds. The average molecular weight is 392 g/mol. The molecule has 1 aliphatic heterocycles. The SMILES string of the molecule is C[C@@H](NCC(=O)N1CCN(c2ccccc2Cl)CC1)c1cccc(Cl)c1. The highest BCUT2D eigenvalue weighted by atomic mass is 35.5.